The number of carbonyl (C=O) groups excluding carboxylic acids is 1. The van der Waals surface area contributed by atoms with Gasteiger partial charge in [0.25, 0.3) is 5.91 Å². The number of aliphatic hydroxyl groups excluding tert-OH is 1. The Morgan fingerprint density at radius 1 is 1.16 bits per heavy atom. The molecule has 0 fully saturated rings. The summed E-state index contributed by atoms with van der Waals surface area (Å²) in [5.41, 5.74) is 11.6. The average Bonchev–Trinajstić information content (AvgIpc) is 2.87. The minimum atomic E-state index is -0.257. The third-order valence-electron chi connectivity index (χ3n) is 6.18. The van der Waals surface area contributed by atoms with Gasteiger partial charge in [-0.05, 0) is 56.2 Å². The molecule has 4 rings (SSSR count). The molecule has 37 heavy (non-hydrogen) atoms. The number of ether oxygens (including phenoxy) is 1. The largest absolute Gasteiger partial charge is 0.496 e. The summed E-state index contributed by atoms with van der Waals surface area (Å²) in [7, 11) is 3.24. The Balaban J connectivity index is 1.74. The minimum Gasteiger partial charge on any atom is -0.496 e. The van der Waals surface area contributed by atoms with Crippen molar-refractivity contribution < 1.29 is 14.6 Å². The number of nitrogens with one attached hydrogen (secondary N) is 1. The van der Waals surface area contributed by atoms with Gasteiger partial charge in [0.15, 0.2) is 0 Å². The van der Waals surface area contributed by atoms with Crippen molar-refractivity contribution in [2.75, 3.05) is 38.4 Å². The minimum absolute atomic E-state index is 0.0480. The van der Waals surface area contributed by atoms with Crippen LogP contribution in [0.5, 0.6) is 5.75 Å². The Kier molecular flexibility index (Phi) is 7.54. The van der Waals surface area contributed by atoms with Crippen molar-refractivity contribution in [2.24, 2.45) is 0 Å². The fourth-order valence-electron chi connectivity index (χ4n) is 4.29. The summed E-state index contributed by atoms with van der Waals surface area (Å²) < 4.78 is 5.69. The van der Waals surface area contributed by atoms with Gasteiger partial charge in [0.2, 0.25) is 0 Å². The fourth-order valence-corrected chi connectivity index (χ4v) is 4.29. The van der Waals surface area contributed by atoms with Crippen molar-refractivity contribution in [3.63, 3.8) is 0 Å². The molecule has 0 radical (unpaired) electrons. The number of nitrogen functional groups attached to an aromatic ring is 1. The number of carbonyl (C=O) groups is 1. The summed E-state index contributed by atoms with van der Waals surface area (Å²) in [6, 6.07) is 13.3. The molecule has 2 aromatic carbocycles. The monoisotopic (exact) mass is 500 g/mol. The molecule has 0 spiro atoms. The van der Waals surface area contributed by atoms with E-state index in [9.17, 15) is 4.79 Å². The molecule has 192 valence electrons. The van der Waals surface area contributed by atoms with E-state index in [1.54, 1.807) is 26.4 Å². The first-order valence-electron chi connectivity index (χ1n) is 12.0. The molecule has 2 aromatic heterocycles. The van der Waals surface area contributed by atoms with Crippen molar-refractivity contribution in [3.05, 3.63) is 71.3 Å². The molecule has 9 heteroatoms. The molecule has 2 heterocycles. The number of likely N-dealkylation sites (N-methyl/N-ethyl adjacent to an activating group) is 1. The summed E-state index contributed by atoms with van der Waals surface area (Å²) >= 11 is 0. The number of fused-ring (bicyclic) bond motifs is 1. The predicted molar refractivity (Wildman–Crippen MR) is 146 cm³/mol. The Morgan fingerprint density at radius 2 is 1.95 bits per heavy atom. The Labute approximate surface area is 216 Å². The van der Waals surface area contributed by atoms with E-state index in [2.05, 4.69) is 28.3 Å². The van der Waals surface area contributed by atoms with Gasteiger partial charge in [-0.2, -0.15) is 0 Å². The van der Waals surface area contributed by atoms with Gasteiger partial charge in [-0.15, -0.1) is 0 Å². The lowest BCUT2D eigenvalue weighted by molar-refractivity contribution is 0.0761. The van der Waals surface area contributed by atoms with Crippen molar-refractivity contribution in [1.82, 2.24) is 19.9 Å². The highest BCUT2D eigenvalue weighted by Gasteiger charge is 2.17. The maximum Gasteiger partial charge on any atom is 0.272 e. The first-order chi connectivity index (χ1) is 17.7. The molecule has 9 nitrogen and oxygen atoms in total. The van der Waals surface area contributed by atoms with Crippen LogP contribution in [0.2, 0.25) is 0 Å². The molecule has 0 aliphatic carbocycles. The third kappa shape index (κ3) is 5.62. The number of amides is 1. The molecule has 0 saturated carbocycles. The number of pyridine rings is 1. The van der Waals surface area contributed by atoms with E-state index < -0.39 is 0 Å². The number of rotatable bonds is 8. The number of hydrogen-bond donors (Lipinski definition) is 3. The first-order valence-corrected chi connectivity index (χ1v) is 12.0. The lowest BCUT2D eigenvalue weighted by atomic mass is 10.0. The second-order valence-corrected chi connectivity index (χ2v) is 9.11. The van der Waals surface area contributed by atoms with E-state index in [1.807, 2.05) is 44.2 Å². The molecule has 4 N–H and O–H groups in total. The summed E-state index contributed by atoms with van der Waals surface area (Å²) in [6.07, 6.45) is 1.64. The standard InChI is InChI=1S/C28H32N6O3/c1-16-10-20(12-21(29)11-16)17(2)31-27-23-13-22(26(37-5)14-25(23)32-18(3)33-27)19-6-7-24(30-15-19)28(36)34(4)8-9-35/h6-7,10-15,17,35H,8-9,29H2,1-5H3,(H,31,32,33)/t17-/m0/s1. The summed E-state index contributed by atoms with van der Waals surface area (Å²) in [6.45, 7) is 6.07. The molecule has 0 bridgehead atoms. The Bertz CT molecular complexity index is 1420. The van der Waals surface area contributed by atoms with E-state index in [1.165, 1.54) is 4.90 Å². The summed E-state index contributed by atoms with van der Waals surface area (Å²) in [5.74, 6) is 1.71. The van der Waals surface area contributed by atoms with Gasteiger partial charge in [0.1, 0.15) is 23.1 Å². The smallest absolute Gasteiger partial charge is 0.272 e. The van der Waals surface area contributed by atoms with E-state index in [-0.39, 0.29) is 25.1 Å². The van der Waals surface area contributed by atoms with E-state index in [0.717, 1.165) is 38.8 Å². The number of benzene rings is 2. The van der Waals surface area contributed by atoms with Crippen LogP contribution in [0, 0.1) is 13.8 Å². The zero-order valence-electron chi connectivity index (χ0n) is 21.7. The van der Waals surface area contributed by atoms with Crippen LogP contribution < -0.4 is 15.8 Å². The molecular formula is C28H32N6O3. The highest BCUT2D eigenvalue weighted by atomic mass is 16.5. The van der Waals surface area contributed by atoms with Gasteiger partial charge in [0, 0.05) is 48.1 Å². The summed E-state index contributed by atoms with van der Waals surface area (Å²) in [4.78, 5) is 27.6. The fraction of sp³-hybridized carbons (Fsp3) is 0.286. The molecular weight excluding hydrogens is 468 g/mol. The van der Waals surface area contributed by atoms with Crippen molar-refractivity contribution in [2.45, 2.75) is 26.8 Å². The molecule has 1 atom stereocenters. The van der Waals surface area contributed by atoms with Gasteiger partial charge in [-0.25, -0.2) is 9.97 Å². The second kappa shape index (κ2) is 10.8. The summed E-state index contributed by atoms with van der Waals surface area (Å²) in [5, 5.41) is 13.5. The van der Waals surface area contributed by atoms with Crippen LogP contribution in [-0.4, -0.2) is 58.2 Å². The highest BCUT2D eigenvalue weighted by Crippen LogP contribution is 2.36. The topological polar surface area (TPSA) is 126 Å². The van der Waals surface area contributed by atoms with E-state index in [0.29, 0.717) is 23.1 Å². The number of methoxy groups -OCH3 is 1. The maximum atomic E-state index is 12.5. The lowest BCUT2D eigenvalue weighted by Gasteiger charge is -2.19. The maximum absolute atomic E-state index is 12.5. The van der Waals surface area contributed by atoms with Crippen molar-refractivity contribution >= 4 is 28.3 Å². The number of nitrogens with zero attached hydrogens (tertiary/aromatic N) is 4. The molecule has 1 amide bonds. The highest BCUT2D eigenvalue weighted by molar-refractivity contribution is 5.96. The lowest BCUT2D eigenvalue weighted by Crippen LogP contribution is -2.30. The second-order valence-electron chi connectivity index (χ2n) is 9.11. The molecule has 0 aliphatic rings. The number of nitrogens with two attached hydrogens (primary N) is 1. The molecule has 0 saturated heterocycles. The van der Waals surface area contributed by atoms with Crippen LogP contribution in [0.15, 0.2) is 48.7 Å². The Morgan fingerprint density at radius 3 is 2.59 bits per heavy atom. The quantitative estimate of drug-likeness (QED) is 0.308. The zero-order chi connectivity index (χ0) is 26.7. The van der Waals surface area contributed by atoms with Gasteiger partial charge in [-0.3, -0.25) is 9.78 Å². The molecule has 0 unspecified atom stereocenters. The number of anilines is 2. The van der Waals surface area contributed by atoms with Crippen molar-refractivity contribution in [3.8, 4) is 16.9 Å². The van der Waals surface area contributed by atoms with Crippen LogP contribution in [0.3, 0.4) is 0 Å². The average molecular weight is 501 g/mol. The van der Waals surface area contributed by atoms with E-state index in [4.69, 9.17) is 20.6 Å². The van der Waals surface area contributed by atoms with Gasteiger partial charge < -0.3 is 25.8 Å². The SMILES string of the molecule is COc1cc2nc(C)nc(N[C@@H](C)c3cc(C)cc(N)c3)c2cc1-c1ccc(C(=O)N(C)CCO)nc1. The van der Waals surface area contributed by atoms with Crippen LogP contribution in [0.4, 0.5) is 11.5 Å². The van der Waals surface area contributed by atoms with Crippen LogP contribution >= 0.6 is 0 Å². The van der Waals surface area contributed by atoms with Gasteiger partial charge >= 0.3 is 0 Å². The molecule has 4 aromatic rings. The van der Waals surface area contributed by atoms with Gasteiger partial charge in [0.05, 0.1) is 25.3 Å². The third-order valence-corrected chi connectivity index (χ3v) is 6.18. The van der Waals surface area contributed by atoms with Crippen LogP contribution in [0.1, 0.15) is 40.4 Å². The number of hydrogen-bond acceptors (Lipinski definition) is 8. The first kappa shape index (κ1) is 25.8. The normalized spacial score (nSPS) is 11.8. The van der Waals surface area contributed by atoms with Gasteiger partial charge in [-0.1, -0.05) is 12.1 Å². The Hall–Kier alpha value is -4.24. The molecule has 0 aliphatic heterocycles. The number of aryl methyl sites for hydroxylation is 2. The zero-order valence-corrected chi connectivity index (χ0v) is 21.7. The van der Waals surface area contributed by atoms with E-state index >= 15 is 0 Å². The number of aromatic nitrogens is 3. The number of aliphatic hydroxyl groups is 1. The predicted octanol–water partition coefficient (Wildman–Crippen LogP) is 4.14. The van der Waals surface area contributed by atoms with Crippen molar-refractivity contribution in [1.29, 1.82) is 0 Å². The van der Waals surface area contributed by atoms with Crippen LogP contribution in [-0.2, 0) is 0 Å². The van der Waals surface area contributed by atoms with Crippen LogP contribution in [0.25, 0.3) is 22.0 Å².